The molecule has 0 aromatic heterocycles. The summed E-state index contributed by atoms with van der Waals surface area (Å²) in [5.41, 5.74) is 2.85. The zero-order valence-corrected chi connectivity index (χ0v) is 12.4. The quantitative estimate of drug-likeness (QED) is 0.852. The van der Waals surface area contributed by atoms with E-state index in [1.807, 2.05) is 61.6 Å². The Balaban J connectivity index is 1.74. The highest BCUT2D eigenvalue weighted by molar-refractivity contribution is 5.67. The highest BCUT2D eigenvalue weighted by atomic mass is 16.5. The Labute approximate surface area is 130 Å². The fourth-order valence-corrected chi connectivity index (χ4v) is 1.79. The summed E-state index contributed by atoms with van der Waals surface area (Å²) in [6.07, 6.45) is -0.470. The number of carbonyl (C=O) groups is 1. The Morgan fingerprint density at radius 3 is 2.73 bits per heavy atom. The van der Waals surface area contributed by atoms with Crippen LogP contribution in [0.3, 0.4) is 0 Å². The van der Waals surface area contributed by atoms with Crippen molar-refractivity contribution in [2.75, 3.05) is 18.9 Å². The summed E-state index contributed by atoms with van der Waals surface area (Å²) in [6, 6.07) is 17.3. The third-order valence-electron chi connectivity index (χ3n) is 2.92. The highest BCUT2D eigenvalue weighted by Crippen LogP contribution is 2.08. The van der Waals surface area contributed by atoms with Gasteiger partial charge in [0, 0.05) is 18.3 Å². The van der Waals surface area contributed by atoms with E-state index in [4.69, 9.17) is 4.74 Å². The molecule has 0 heterocycles. The molecule has 0 spiro atoms. The third-order valence-corrected chi connectivity index (χ3v) is 2.92. The van der Waals surface area contributed by atoms with Crippen LogP contribution in [0.2, 0.25) is 0 Å². The molecule has 4 heteroatoms. The molecular formula is C18H18N2O2. The smallest absolute Gasteiger partial charge is 0.408 e. The zero-order valence-electron chi connectivity index (χ0n) is 12.4. The van der Waals surface area contributed by atoms with Gasteiger partial charge in [-0.25, -0.2) is 4.79 Å². The van der Waals surface area contributed by atoms with Crippen molar-refractivity contribution in [3.63, 3.8) is 0 Å². The molecule has 0 aliphatic rings. The van der Waals surface area contributed by atoms with Crippen molar-refractivity contribution in [3.8, 4) is 11.8 Å². The first-order chi connectivity index (χ1) is 10.8. The van der Waals surface area contributed by atoms with Crippen LogP contribution in [-0.4, -0.2) is 19.7 Å². The summed E-state index contributed by atoms with van der Waals surface area (Å²) in [4.78, 5) is 11.5. The predicted molar refractivity (Wildman–Crippen MR) is 87.5 cm³/mol. The Morgan fingerprint density at radius 1 is 1.14 bits per heavy atom. The van der Waals surface area contributed by atoms with Crippen LogP contribution in [0.25, 0.3) is 0 Å². The van der Waals surface area contributed by atoms with Crippen molar-refractivity contribution < 1.29 is 9.53 Å². The molecule has 2 N–H and O–H groups in total. The van der Waals surface area contributed by atoms with E-state index >= 15 is 0 Å². The number of rotatable bonds is 4. The number of carbonyl (C=O) groups excluding carboxylic acids is 1. The predicted octanol–water partition coefficient (Wildman–Crippen LogP) is 3.01. The third kappa shape index (κ3) is 5.22. The van der Waals surface area contributed by atoms with Crippen LogP contribution in [0.4, 0.5) is 10.5 Å². The van der Waals surface area contributed by atoms with Gasteiger partial charge >= 0.3 is 6.09 Å². The Hall–Kier alpha value is -2.93. The maximum absolute atomic E-state index is 11.5. The lowest BCUT2D eigenvalue weighted by atomic mass is 10.2. The molecule has 0 aliphatic heterocycles. The van der Waals surface area contributed by atoms with E-state index in [9.17, 15) is 4.79 Å². The van der Waals surface area contributed by atoms with E-state index in [0.29, 0.717) is 0 Å². The average Bonchev–Trinajstić information content (AvgIpc) is 2.58. The summed E-state index contributed by atoms with van der Waals surface area (Å²) in [5, 5.41) is 5.65. The minimum absolute atomic E-state index is 0.247. The average molecular weight is 294 g/mol. The van der Waals surface area contributed by atoms with Gasteiger partial charge in [-0.2, -0.15) is 0 Å². The van der Waals surface area contributed by atoms with Crippen LogP contribution in [0.5, 0.6) is 0 Å². The molecule has 2 aromatic carbocycles. The lowest BCUT2D eigenvalue weighted by Gasteiger charge is -2.04. The van der Waals surface area contributed by atoms with Gasteiger partial charge in [0.25, 0.3) is 0 Å². The van der Waals surface area contributed by atoms with Gasteiger partial charge < -0.3 is 15.4 Å². The topological polar surface area (TPSA) is 50.4 Å². The van der Waals surface area contributed by atoms with Crippen molar-refractivity contribution in [3.05, 3.63) is 65.7 Å². The van der Waals surface area contributed by atoms with Gasteiger partial charge in [-0.05, 0) is 23.8 Å². The molecule has 0 radical (unpaired) electrons. The van der Waals surface area contributed by atoms with Crippen molar-refractivity contribution in [1.29, 1.82) is 0 Å². The molecule has 1 amide bonds. The minimum Gasteiger partial charge on any atom is -0.445 e. The van der Waals surface area contributed by atoms with Crippen molar-refractivity contribution in [1.82, 2.24) is 5.32 Å². The Kier molecular flexibility index (Phi) is 5.89. The minimum atomic E-state index is -0.470. The molecule has 112 valence electrons. The van der Waals surface area contributed by atoms with Crippen molar-refractivity contribution in [2.24, 2.45) is 0 Å². The molecule has 0 atom stereocenters. The summed E-state index contributed by atoms with van der Waals surface area (Å²) in [7, 11) is 1.86. The number of anilines is 1. The second-order valence-corrected chi connectivity index (χ2v) is 4.55. The first-order valence-corrected chi connectivity index (χ1v) is 6.99. The molecule has 4 nitrogen and oxygen atoms in total. The molecule has 2 rings (SSSR count). The lowest BCUT2D eigenvalue weighted by molar-refractivity contribution is 0.141. The van der Waals surface area contributed by atoms with Crippen molar-refractivity contribution in [2.45, 2.75) is 6.61 Å². The zero-order chi connectivity index (χ0) is 15.6. The fraction of sp³-hybridized carbons (Fsp3) is 0.167. The van der Waals surface area contributed by atoms with E-state index in [1.54, 1.807) is 0 Å². The van der Waals surface area contributed by atoms with E-state index in [-0.39, 0.29) is 13.2 Å². The van der Waals surface area contributed by atoms with E-state index in [2.05, 4.69) is 22.5 Å². The normalized spacial score (nSPS) is 9.32. The van der Waals surface area contributed by atoms with Crippen LogP contribution in [-0.2, 0) is 11.3 Å². The van der Waals surface area contributed by atoms with Gasteiger partial charge in [0.2, 0.25) is 0 Å². The van der Waals surface area contributed by atoms with Crippen LogP contribution < -0.4 is 10.6 Å². The Morgan fingerprint density at radius 2 is 1.95 bits per heavy atom. The van der Waals surface area contributed by atoms with Gasteiger partial charge in [-0.3, -0.25) is 0 Å². The van der Waals surface area contributed by atoms with Crippen molar-refractivity contribution >= 4 is 11.8 Å². The van der Waals surface area contributed by atoms with Gasteiger partial charge in [0.15, 0.2) is 0 Å². The maximum atomic E-state index is 11.5. The summed E-state index contributed by atoms with van der Waals surface area (Å²) in [5.74, 6) is 5.88. The van der Waals surface area contributed by atoms with Crippen LogP contribution in [0.1, 0.15) is 11.1 Å². The van der Waals surface area contributed by atoms with E-state index in [1.165, 1.54) is 0 Å². The number of nitrogens with one attached hydrogen (secondary N) is 2. The number of amides is 1. The lowest BCUT2D eigenvalue weighted by Crippen LogP contribution is -2.24. The van der Waals surface area contributed by atoms with Gasteiger partial charge in [-0.15, -0.1) is 0 Å². The fourth-order valence-electron chi connectivity index (χ4n) is 1.79. The molecule has 2 aromatic rings. The summed E-state index contributed by atoms with van der Waals surface area (Å²) >= 11 is 0. The van der Waals surface area contributed by atoms with Crippen LogP contribution >= 0.6 is 0 Å². The number of ether oxygens (including phenoxy) is 1. The van der Waals surface area contributed by atoms with E-state index in [0.717, 1.165) is 16.8 Å². The Bertz CT molecular complexity index is 672. The maximum Gasteiger partial charge on any atom is 0.408 e. The molecule has 0 fully saturated rings. The summed E-state index contributed by atoms with van der Waals surface area (Å²) < 4.78 is 5.09. The number of hydrogen-bond donors (Lipinski definition) is 2. The first-order valence-electron chi connectivity index (χ1n) is 6.99. The second-order valence-electron chi connectivity index (χ2n) is 4.55. The number of alkyl carbamates (subject to hydrolysis) is 1. The first kappa shape index (κ1) is 15.5. The number of hydrogen-bond acceptors (Lipinski definition) is 3. The molecule has 0 bridgehead atoms. The molecule has 22 heavy (non-hydrogen) atoms. The SMILES string of the molecule is CNc1cccc(C#CCNC(=O)OCc2ccccc2)c1. The summed E-state index contributed by atoms with van der Waals surface area (Å²) in [6.45, 7) is 0.502. The number of benzene rings is 2. The van der Waals surface area contributed by atoms with Gasteiger partial charge in [-0.1, -0.05) is 48.2 Å². The second kappa shape index (κ2) is 8.38. The van der Waals surface area contributed by atoms with Crippen LogP contribution in [0.15, 0.2) is 54.6 Å². The van der Waals surface area contributed by atoms with E-state index < -0.39 is 6.09 Å². The standard InChI is InChI=1S/C18H18N2O2/c1-19-17-11-5-9-15(13-17)10-6-12-20-18(21)22-14-16-7-3-2-4-8-16/h2-5,7-9,11,13,19H,12,14H2,1H3,(H,20,21). The monoisotopic (exact) mass is 294 g/mol. The molecule has 0 aliphatic carbocycles. The molecule has 0 saturated heterocycles. The highest BCUT2D eigenvalue weighted by Gasteiger charge is 2.00. The van der Waals surface area contributed by atoms with Gasteiger partial charge in [0.1, 0.15) is 6.61 Å². The molecular weight excluding hydrogens is 276 g/mol. The van der Waals surface area contributed by atoms with Crippen LogP contribution in [0, 0.1) is 11.8 Å². The molecule has 0 unspecified atom stereocenters. The largest absolute Gasteiger partial charge is 0.445 e. The van der Waals surface area contributed by atoms with Gasteiger partial charge in [0.05, 0.1) is 6.54 Å². The molecule has 0 saturated carbocycles.